The van der Waals surface area contributed by atoms with Crippen molar-refractivity contribution >= 4 is 11.9 Å². The summed E-state index contributed by atoms with van der Waals surface area (Å²) in [5.74, 6) is 0.544. The summed E-state index contributed by atoms with van der Waals surface area (Å²) in [4.78, 5) is 21.4. The predicted octanol–water partition coefficient (Wildman–Crippen LogP) is 4.73. The smallest absolute Gasteiger partial charge is 0.330 e. The van der Waals surface area contributed by atoms with E-state index in [1.807, 2.05) is 30.3 Å². The topological polar surface area (TPSA) is 61.8 Å². The highest BCUT2D eigenvalue weighted by Gasteiger charge is 2.07. The van der Waals surface area contributed by atoms with Crippen molar-refractivity contribution in [2.24, 2.45) is 5.92 Å². The molecule has 0 amide bonds. The first-order chi connectivity index (χ1) is 13.1. The number of carbonyl (C=O) groups is 2. The van der Waals surface area contributed by atoms with E-state index in [1.165, 1.54) is 18.9 Å². The molecule has 0 spiro atoms. The van der Waals surface area contributed by atoms with Gasteiger partial charge in [0, 0.05) is 12.2 Å². The fourth-order valence-corrected chi connectivity index (χ4v) is 2.03. The number of carbonyl (C=O) groups excluding carboxylic acids is 2. The molecule has 150 valence electrons. The Hall–Kier alpha value is -2.56. The lowest BCUT2D eigenvalue weighted by molar-refractivity contribution is -0.139. The van der Waals surface area contributed by atoms with E-state index in [2.05, 4.69) is 27.0 Å². The molecule has 0 saturated carbocycles. The SMILES string of the molecule is C=CC(=O)OCC(CC)CCCC.C=CC(=O)OCCOc1ccccc1. The Bertz CT molecular complexity index is 539. The van der Waals surface area contributed by atoms with Gasteiger partial charge in [-0.3, -0.25) is 0 Å². The first-order valence-electron chi connectivity index (χ1n) is 9.33. The Balaban J connectivity index is 0.000000503. The average molecular weight is 376 g/mol. The van der Waals surface area contributed by atoms with E-state index in [0.717, 1.165) is 24.7 Å². The van der Waals surface area contributed by atoms with Crippen molar-refractivity contribution < 1.29 is 23.8 Å². The molecule has 1 atom stereocenters. The second kappa shape index (κ2) is 16.9. The third kappa shape index (κ3) is 14.3. The molecule has 0 aromatic heterocycles. The van der Waals surface area contributed by atoms with Crippen molar-refractivity contribution in [3.63, 3.8) is 0 Å². The van der Waals surface area contributed by atoms with Gasteiger partial charge in [0.2, 0.25) is 0 Å². The van der Waals surface area contributed by atoms with Gasteiger partial charge in [0.25, 0.3) is 0 Å². The second-order valence-corrected chi connectivity index (χ2v) is 5.78. The van der Waals surface area contributed by atoms with E-state index in [0.29, 0.717) is 19.1 Å². The van der Waals surface area contributed by atoms with Crippen LogP contribution in [-0.2, 0) is 19.1 Å². The van der Waals surface area contributed by atoms with Crippen LogP contribution >= 0.6 is 0 Å². The monoisotopic (exact) mass is 376 g/mol. The maximum absolute atomic E-state index is 10.8. The van der Waals surface area contributed by atoms with Gasteiger partial charge >= 0.3 is 11.9 Å². The number of benzene rings is 1. The Morgan fingerprint density at radius 2 is 1.63 bits per heavy atom. The van der Waals surface area contributed by atoms with E-state index < -0.39 is 5.97 Å². The number of unbranched alkanes of at least 4 members (excludes halogenated alkanes) is 1. The normalized spacial score (nSPS) is 10.6. The highest BCUT2D eigenvalue weighted by Crippen LogP contribution is 2.12. The first-order valence-corrected chi connectivity index (χ1v) is 9.33. The lowest BCUT2D eigenvalue weighted by Gasteiger charge is -2.13. The number of hydrogen-bond donors (Lipinski definition) is 0. The van der Waals surface area contributed by atoms with Crippen molar-refractivity contribution in [3.8, 4) is 5.75 Å². The minimum absolute atomic E-state index is 0.236. The van der Waals surface area contributed by atoms with Crippen LogP contribution in [0.3, 0.4) is 0 Å². The van der Waals surface area contributed by atoms with Gasteiger partial charge in [-0.15, -0.1) is 0 Å². The molecule has 1 aromatic rings. The zero-order valence-electron chi connectivity index (χ0n) is 16.5. The van der Waals surface area contributed by atoms with Gasteiger partial charge in [0.1, 0.15) is 19.0 Å². The highest BCUT2D eigenvalue weighted by atomic mass is 16.6. The number of rotatable bonds is 12. The van der Waals surface area contributed by atoms with E-state index in [1.54, 1.807) is 0 Å². The van der Waals surface area contributed by atoms with Crippen molar-refractivity contribution in [1.82, 2.24) is 0 Å². The summed E-state index contributed by atoms with van der Waals surface area (Å²) in [6.07, 6.45) is 6.98. The molecule has 0 bridgehead atoms. The van der Waals surface area contributed by atoms with Crippen molar-refractivity contribution in [2.75, 3.05) is 19.8 Å². The molecular weight excluding hydrogens is 344 g/mol. The Labute approximate surface area is 163 Å². The lowest BCUT2D eigenvalue weighted by atomic mass is 10.0. The van der Waals surface area contributed by atoms with Gasteiger partial charge in [0.05, 0.1) is 6.61 Å². The third-order valence-corrected chi connectivity index (χ3v) is 3.68. The summed E-state index contributed by atoms with van der Waals surface area (Å²) >= 11 is 0. The second-order valence-electron chi connectivity index (χ2n) is 5.78. The standard InChI is InChI=1S/C11H12O3.C11H20O2/c1-2-11(12)14-9-8-13-10-6-4-3-5-7-10;1-4-7-8-10(5-2)9-13-11(12)6-3/h2-7H,1,8-9H2;6,10H,3-5,7-9H2,1-2H3. The fraction of sp³-hybridized carbons (Fsp3) is 0.455. The number of ether oxygens (including phenoxy) is 3. The summed E-state index contributed by atoms with van der Waals surface area (Å²) in [5.41, 5.74) is 0. The zero-order chi connectivity index (χ0) is 20.3. The third-order valence-electron chi connectivity index (χ3n) is 3.68. The van der Waals surface area contributed by atoms with Crippen LogP contribution in [0.25, 0.3) is 0 Å². The molecule has 0 aliphatic rings. The van der Waals surface area contributed by atoms with E-state index >= 15 is 0 Å². The summed E-state index contributed by atoms with van der Waals surface area (Å²) in [7, 11) is 0. The molecule has 27 heavy (non-hydrogen) atoms. The van der Waals surface area contributed by atoms with Gasteiger partial charge in [-0.2, -0.15) is 0 Å². The largest absolute Gasteiger partial charge is 0.490 e. The molecule has 5 nitrogen and oxygen atoms in total. The molecule has 0 fully saturated rings. The minimum Gasteiger partial charge on any atom is -0.490 e. The number of esters is 2. The Morgan fingerprint density at radius 1 is 1.00 bits per heavy atom. The molecule has 1 unspecified atom stereocenters. The summed E-state index contributed by atoms with van der Waals surface area (Å²) in [5, 5.41) is 0. The van der Waals surface area contributed by atoms with Crippen molar-refractivity contribution in [1.29, 1.82) is 0 Å². The maximum atomic E-state index is 10.8. The summed E-state index contributed by atoms with van der Waals surface area (Å²) in [6, 6.07) is 9.35. The van der Waals surface area contributed by atoms with Crippen molar-refractivity contribution in [3.05, 3.63) is 55.6 Å². The number of para-hydroxylation sites is 1. The molecule has 0 radical (unpaired) electrons. The molecule has 0 aliphatic carbocycles. The lowest BCUT2D eigenvalue weighted by Crippen LogP contribution is -2.12. The van der Waals surface area contributed by atoms with Gasteiger partial charge < -0.3 is 14.2 Å². The average Bonchev–Trinajstić information content (AvgIpc) is 2.72. The predicted molar refractivity (Wildman–Crippen MR) is 108 cm³/mol. The van der Waals surface area contributed by atoms with Crippen LogP contribution in [0, 0.1) is 5.92 Å². The summed E-state index contributed by atoms with van der Waals surface area (Å²) in [6.45, 7) is 12.1. The minimum atomic E-state index is -0.429. The van der Waals surface area contributed by atoms with Gasteiger partial charge in [-0.1, -0.05) is 64.5 Å². The van der Waals surface area contributed by atoms with Crippen LogP contribution in [0.4, 0.5) is 0 Å². The Kier molecular flexibility index (Phi) is 15.3. The molecule has 0 N–H and O–H groups in total. The molecular formula is C22H32O5. The quantitative estimate of drug-likeness (QED) is 0.300. The highest BCUT2D eigenvalue weighted by molar-refractivity contribution is 5.81. The fourth-order valence-electron chi connectivity index (χ4n) is 2.03. The van der Waals surface area contributed by atoms with Gasteiger partial charge in [0.15, 0.2) is 0 Å². The number of hydrogen-bond acceptors (Lipinski definition) is 5. The Morgan fingerprint density at radius 3 is 2.19 bits per heavy atom. The van der Waals surface area contributed by atoms with Crippen LogP contribution in [-0.4, -0.2) is 31.8 Å². The molecule has 0 heterocycles. The van der Waals surface area contributed by atoms with Crippen LogP contribution in [0.15, 0.2) is 55.6 Å². The molecule has 1 rings (SSSR count). The van der Waals surface area contributed by atoms with Gasteiger partial charge in [-0.05, 0) is 24.5 Å². The van der Waals surface area contributed by atoms with Gasteiger partial charge in [-0.25, -0.2) is 9.59 Å². The van der Waals surface area contributed by atoms with Crippen molar-refractivity contribution in [2.45, 2.75) is 39.5 Å². The maximum Gasteiger partial charge on any atom is 0.330 e. The van der Waals surface area contributed by atoms with Crippen LogP contribution in [0.2, 0.25) is 0 Å². The van der Waals surface area contributed by atoms with Crippen LogP contribution < -0.4 is 4.74 Å². The van der Waals surface area contributed by atoms with Crippen LogP contribution in [0.5, 0.6) is 5.75 Å². The molecule has 0 aliphatic heterocycles. The van der Waals surface area contributed by atoms with E-state index in [4.69, 9.17) is 14.2 Å². The first kappa shape index (κ1) is 24.4. The summed E-state index contributed by atoms with van der Waals surface area (Å²) < 4.78 is 15.0. The molecule has 1 aromatic carbocycles. The van der Waals surface area contributed by atoms with E-state index in [9.17, 15) is 9.59 Å². The molecule has 5 heteroatoms. The zero-order valence-corrected chi connectivity index (χ0v) is 16.5. The molecule has 0 saturated heterocycles. The van der Waals surface area contributed by atoms with Crippen LogP contribution in [0.1, 0.15) is 39.5 Å². The van der Waals surface area contributed by atoms with E-state index in [-0.39, 0.29) is 12.6 Å².